The summed E-state index contributed by atoms with van der Waals surface area (Å²) >= 11 is 1.12. The Bertz CT molecular complexity index is 120. The highest BCUT2D eigenvalue weighted by Gasteiger charge is 2.45. The highest BCUT2D eigenvalue weighted by molar-refractivity contribution is 7.98. The number of nitrogens with zero attached hydrogens (tertiary/aromatic N) is 1. The first-order chi connectivity index (χ1) is 4.72. The van der Waals surface area contributed by atoms with Crippen molar-refractivity contribution in [1.29, 1.82) is 0 Å². The molecule has 0 radical (unpaired) electrons. The molecule has 0 amide bonds. The molecule has 0 aliphatic heterocycles. The maximum atomic E-state index is 12.1. The smallest absolute Gasteiger partial charge is 0.105 e. The van der Waals surface area contributed by atoms with Crippen LogP contribution in [0.2, 0.25) is 0 Å². The molecule has 0 atom stereocenters. The Morgan fingerprint density at radius 1 is 1.80 bits per heavy atom. The van der Waals surface area contributed by atoms with Crippen LogP contribution in [0.3, 0.4) is 0 Å². The number of alkyl halides is 1. The quantitative estimate of drug-likeness (QED) is 0.481. The van der Waals surface area contributed by atoms with Crippen LogP contribution >= 0.6 is 11.9 Å². The van der Waals surface area contributed by atoms with Crippen LogP contribution in [-0.4, -0.2) is 28.3 Å². The van der Waals surface area contributed by atoms with E-state index in [1.807, 2.05) is 0 Å². The Kier molecular flexibility index (Phi) is 2.51. The zero-order valence-electron chi connectivity index (χ0n) is 5.80. The normalized spacial score (nSPS) is 21.6. The van der Waals surface area contributed by atoms with Crippen LogP contribution in [0.15, 0.2) is 0 Å². The zero-order valence-corrected chi connectivity index (χ0v) is 6.62. The summed E-state index contributed by atoms with van der Waals surface area (Å²) in [5, 5.41) is 8.88. The van der Waals surface area contributed by atoms with Gasteiger partial charge in [0.15, 0.2) is 0 Å². The van der Waals surface area contributed by atoms with Gasteiger partial charge in [0.05, 0.1) is 4.75 Å². The first-order valence-corrected chi connectivity index (χ1v) is 3.91. The van der Waals surface area contributed by atoms with Gasteiger partial charge in [-0.2, -0.15) is 0 Å². The molecule has 0 aromatic carbocycles. The van der Waals surface area contributed by atoms with Crippen molar-refractivity contribution in [2.45, 2.75) is 17.6 Å². The van der Waals surface area contributed by atoms with Crippen molar-refractivity contribution < 1.29 is 9.60 Å². The summed E-state index contributed by atoms with van der Waals surface area (Å²) in [5.74, 6) is 0. The lowest BCUT2D eigenvalue weighted by Gasteiger charge is -2.16. The molecular weight excluding hydrogens is 155 g/mol. The monoisotopic (exact) mass is 166 g/mol. The largest absolute Gasteiger partial charge is 0.289 e. The molecule has 0 unspecified atom stereocenters. The Labute approximate surface area is 63.6 Å². The number of hydrogen-bond acceptors (Lipinski definition) is 4. The summed E-state index contributed by atoms with van der Waals surface area (Å²) in [4.78, 5) is 0. The summed E-state index contributed by atoms with van der Waals surface area (Å²) in [7, 11) is 1.58. The van der Waals surface area contributed by atoms with Crippen LogP contribution < -0.4 is 5.43 Å². The van der Waals surface area contributed by atoms with Gasteiger partial charge >= 0.3 is 0 Å². The second-order valence-electron chi connectivity index (χ2n) is 2.40. The summed E-state index contributed by atoms with van der Waals surface area (Å²) in [5.41, 5.74) is 2.48. The Balaban J connectivity index is 2.23. The zero-order chi connectivity index (χ0) is 7.61. The number of hydrogen-bond donors (Lipinski definition) is 2. The Hall–Kier alpha value is 0.160. The fraction of sp³-hybridized carbons (Fsp3) is 1.00. The van der Waals surface area contributed by atoms with Crippen LogP contribution in [-0.2, 0) is 0 Å². The van der Waals surface area contributed by atoms with E-state index in [2.05, 4.69) is 5.43 Å². The second kappa shape index (κ2) is 3.04. The maximum absolute atomic E-state index is 12.1. The van der Waals surface area contributed by atoms with Gasteiger partial charge in [-0.05, 0) is 24.8 Å². The molecule has 0 heterocycles. The predicted octanol–water partition coefficient (Wildman–Crippen LogP) is 0.962. The van der Waals surface area contributed by atoms with Crippen molar-refractivity contribution in [1.82, 2.24) is 10.0 Å². The van der Waals surface area contributed by atoms with Gasteiger partial charge in [0.25, 0.3) is 0 Å². The summed E-state index contributed by atoms with van der Waals surface area (Å²) in [6, 6.07) is 0. The van der Waals surface area contributed by atoms with Gasteiger partial charge in [-0.3, -0.25) is 5.21 Å². The average molecular weight is 166 g/mol. The molecule has 0 spiro atoms. The highest BCUT2D eigenvalue weighted by atomic mass is 32.2. The number of nitrogens with one attached hydrogen (secondary N) is 1. The van der Waals surface area contributed by atoms with E-state index >= 15 is 0 Å². The van der Waals surface area contributed by atoms with E-state index < -0.39 is 0 Å². The molecule has 60 valence electrons. The molecule has 10 heavy (non-hydrogen) atoms. The average Bonchev–Trinajstić information content (AvgIpc) is 2.70. The van der Waals surface area contributed by atoms with Crippen molar-refractivity contribution in [3.63, 3.8) is 0 Å². The standard InChI is InChI=1S/C5H11FN2OS/c1-7-8(9)10-5(4-6)2-3-5/h7,9H,2-4H2,1H3. The van der Waals surface area contributed by atoms with Crippen molar-refractivity contribution in [3.05, 3.63) is 0 Å². The van der Waals surface area contributed by atoms with E-state index in [0.717, 1.165) is 29.4 Å². The minimum Gasteiger partial charge on any atom is -0.289 e. The van der Waals surface area contributed by atoms with Crippen LogP contribution in [0.25, 0.3) is 0 Å². The van der Waals surface area contributed by atoms with Gasteiger partial charge in [-0.1, -0.05) is 4.58 Å². The Morgan fingerprint density at radius 3 is 2.70 bits per heavy atom. The van der Waals surface area contributed by atoms with Gasteiger partial charge < -0.3 is 0 Å². The third-order valence-electron chi connectivity index (χ3n) is 1.52. The summed E-state index contributed by atoms with van der Waals surface area (Å²) in [6.07, 6.45) is 1.71. The van der Waals surface area contributed by atoms with Gasteiger partial charge in [-0.25, -0.2) is 9.82 Å². The van der Waals surface area contributed by atoms with Gasteiger partial charge in [0, 0.05) is 7.05 Å². The fourth-order valence-corrected chi connectivity index (χ4v) is 1.41. The van der Waals surface area contributed by atoms with Gasteiger partial charge in [0.2, 0.25) is 0 Å². The van der Waals surface area contributed by atoms with E-state index in [4.69, 9.17) is 5.21 Å². The minimum absolute atomic E-state index is 0.322. The number of rotatable bonds is 4. The van der Waals surface area contributed by atoms with Crippen molar-refractivity contribution >= 4 is 11.9 Å². The molecule has 1 rings (SSSR count). The van der Waals surface area contributed by atoms with Crippen molar-refractivity contribution in [2.24, 2.45) is 0 Å². The lowest BCUT2D eigenvalue weighted by Crippen LogP contribution is -2.28. The molecule has 2 N–H and O–H groups in total. The third kappa shape index (κ3) is 1.82. The van der Waals surface area contributed by atoms with E-state index in [0.29, 0.717) is 0 Å². The maximum Gasteiger partial charge on any atom is 0.105 e. The molecule has 0 aromatic rings. The van der Waals surface area contributed by atoms with Crippen LogP contribution in [0.4, 0.5) is 4.39 Å². The van der Waals surface area contributed by atoms with E-state index in [-0.39, 0.29) is 11.4 Å². The molecule has 1 fully saturated rings. The third-order valence-corrected chi connectivity index (χ3v) is 2.78. The van der Waals surface area contributed by atoms with Crippen molar-refractivity contribution in [2.75, 3.05) is 13.7 Å². The summed E-state index contributed by atoms with van der Waals surface area (Å²) < 4.78 is 12.7. The molecular formula is C5H11FN2OS. The van der Waals surface area contributed by atoms with Crippen LogP contribution in [0, 0.1) is 0 Å². The molecule has 0 saturated heterocycles. The molecule has 1 aliphatic rings. The number of halogens is 1. The first-order valence-electron chi connectivity index (χ1n) is 3.14. The topological polar surface area (TPSA) is 35.5 Å². The Morgan fingerprint density at radius 2 is 2.40 bits per heavy atom. The molecule has 5 heteroatoms. The molecule has 1 saturated carbocycles. The second-order valence-corrected chi connectivity index (χ2v) is 3.80. The van der Waals surface area contributed by atoms with Gasteiger partial charge in [-0.15, -0.1) is 0 Å². The van der Waals surface area contributed by atoms with Crippen LogP contribution in [0.5, 0.6) is 0 Å². The molecule has 0 aromatic heterocycles. The fourth-order valence-electron chi connectivity index (χ4n) is 0.618. The van der Waals surface area contributed by atoms with E-state index in [1.54, 1.807) is 7.05 Å². The van der Waals surface area contributed by atoms with E-state index in [1.165, 1.54) is 0 Å². The first kappa shape index (κ1) is 8.26. The molecule has 0 bridgehead atoms. The van der Waals surface area contributed by atoms with Crippen LogP contribution in [0.1, 0.15) is 12.8 Å². The predicted molar refractivity (Wildman–Crippen MR) is 38.2 cm³/mol. The van der Waals surface area contributed by atoms with E-state index in [9.17, 15) is 4.39 Å². The van der Waals surface area contributed by atoms with Crippen molar-refractivity contribution in [3.8, 4) is 0 Å². The highest BCUT2D eigenvalue weighted by Crippen LogP contribution is 2.49. The number of hydrazine groups is 1. The summed E-state index contributed by atoms with van der Waals surface area (Å²) in [6.45, 7) is -0.365. The lowest BCUT2D eigenvalue weighted by atomic mass is 10.5. The lowest BCUT2D eigenvalue weighted by molar-refractivity contribution is -0.0247. The SMILES string of the molecule is CNN(O)SC1(CF)CC1. The van der Waals surface area contributed by atoms with Gasteiger partial charge in [0.1, 0.15) is 6.67 Å². The molecule has 1 aliphatic carbocycles. The molecule has 3 nitrogen and oxygen atoms in total. The minimum atomic E-state index is -0.365.